The zero-order chi connectivity index (χ0) is 28.2. The molecule has 0 atom stereocenters. The van der Waals surface area contributed by atoms with E-state index in [1.54, 1.807) is 25.6 Å². The molecular formula is C31H26N6O2S2. The summed E-state index contributed by atoms with van der Waals surface area (Å²) in [7, 11) is 5.30. The number of thiazole rings is 1. The predicted molar refractivity (Wildman–Crippen MR) is 170 cm³/mol. The number of para-hydroxylation sites is 2. The van der Waals surface area contributed by atoms with E-state index in [-0.39, 0.29) is 0 Å². The molecule has 1 fully saturated rings. The van der Waals surface area contributed by atoms with Gasteiger partial charge in [0.1, 0.15) is 16.5 Å². The van der Waals surface area contributed by atoms with Crippen LogP contribution in [0.25, 0.3) is 10.2 Å². The van der Waals surface area contributed by atoms with Crippen LogP contribution in [-0.4, -0.2) is 34.8 Å². The molecule has 1 aromatic heterocycles. The monoisotopic (exact) mass is 578 g/mol. The first-order chi connectivity index (χ1) is 20.1. The van der Waals surface area contributed by atoms with Crippen molar-refractivity contribution in [2.75, 3.05) is 19.1 Å². The third-order valence-corrected chi connectivity index (χ3v) is 8.36. The molecule has 8 nitrogen and oxygen atoms in total. The summed E-state index contributed by atoms with van der Waals surface area (Å²) in [6, 6.07) is 33.5. The zero-order valence-electron chi connectivity index (χ0n) is 22.6. The maximum atomic E-state index is 5.34. The van der Waals surface area contributed by atoms with Gasteiger partial charge in [-0.15, -0.1) is 10.2 Å². The van der Waals surface area contributed by atoms with E-state index in [2.05, 4.69) is 16.7 Å². The highest BCUT2D eigenvalue weighted by Crippen LogP contribution is 2.33. The second kappa shape index (κ2) is 11.8. The quantitative estimate of drug-likeness (QED) is 0.201. The molecule has 41 heavy (non-hydrogen) atoms. The number of methoxy groups -OCH3 is 2. The Labute approximate surface area is 245 Å². The van der Waals surface area contributed by atoms with Gasteiger partial charge in [-0.3, -0.25) is 4.90 Å². The molecule has 4 aromatic carbocycles. The summed E-state index contributed by atoms with van der Waals surface area (Å²) in [5.41, 5.74) is 3.55. The van der Waals surface area contributed by atoms with Crippen molar-refractivity contribution in [2.24, 2.45) is 27.2 Å². The first-order valence-corrected chi connectivity index (χ1v) is 14.4. The predicted octanol–water partition coefficient (Wildman–Crippen LogP) is 7.14. The molecule has 0 spiro atoms. The lowest BCUT2D eigenvalue weighted by Crippen LogP contribution is -2.30. The Balaban J connectivity index is 1.51. The Kier molecular flexibility index (Phi) is 7.66. The summed E-state index contributed by atoms with van der Waals surface area (Å²) < 4.78 is 13.9. The van der Waals surface area contributed by atoms with E-state index in [1.807, 2.05) is 103 Å². The molecule has 0 radical (unpaired) electrons. The molecule has 0 saturated carbocycles. The van der Waals surface area contributed by atoms with Crippen molar-refractivity contribution < 1.29 is 9.47 Å². The molecule has 2 heterocycles. The minimum absolute atomic E-state index is 0.646. The molecule has 5 aromatic rings. The van der Waals surface area contributed by atoms with E-state index in [0.29, 0.717) is 16.0 Å². The van der Waals surface area contributed by atoms with Crippen LogP contribution in [-0.2, 0) is 7.05 Å². The molecule has 0 N–H and O–H groups in total. The molecule has 1 aliphatic rings. The third-order valence-electron chi connectivity index (χ3n) is 6.34. The van der Waals surface area contributed by atoms with Crippen LogP contribution in [0, 0.1) is 0 Å². The highest BCUT2D eigenvalue weighted by Gasteiger charge is 2.35. The maximum Gasteiger partial charge on any atom is 0.211 e. The van der Waals surface area contributed by atoms with Crippen molar-refractivity contribution in [2.45, 2.75) is 0 Å². The van der Waals surface area contributed by atoms with Crippen molar-refractivity contribution in [3.05, 3.63) is 108 Å². The number of hydrogen-bond acceptors (Lipinski definition) is 8. The van der Waals surface area contributed by atoms with Gasteiger partial charge < -0.3 is 14.0 Å². The molecule has 0 aliphatic carbocycles. The van der Waals surface area contributed by atoms with Crippen LogP contribution < -0.4 is 19.2 Å². The highest BCUT2D eigenvalue weighted by molar-refractivity contribution is 8.29. The summed E-state index contributed by atoms with van der Waals surface area (Å²) in [4.78, 5) is 12.8. The lowest BCUT2D eigenvalue weighted by molar-refractivity contribution is 0.415. The number of aliphatic imine (C=N–C) groups is 2. The number of aromatic nitrogens is 1. The van der Waals surface area contributed by atoms with Crippen LogP contribution >= 0.6 is 23.1 Å². The number of nitrogens with zero attached hydrogens (tertiary/aromatic N) is 6. The number of rotatable bonds is 6. The highest BCUT2D eigenvalue weighted by atomic mass is 32.2. The SMILES string of the molecule is COc1ccc(N=C2S/C(=N\N=c3sc4ccccc4n3C)N(c3ccccc3)C2=Nc2ccc(OC)cc2)cc1. The van der Waals surface area contributed by atoms with Crippen molar-refractivity contribution >= 4 is 66.4 Å². The van der Waals surface area contributed by atoms with E-state index in [9.17, 15) is 0 Å². The number of hydrogen-bond donors (Lipinski definition) is 0. The van der Waals surface area contributed by atoms with Crippen molar-refractivity contribution in [1.29, 1.82) is 0 Å². The van der Waals surface area contributed by atoms with Gasteiger partial charge in [-0.05, 0) is 84.6 Å². The van der Waals surface area contributed by atoms with Crippen LogP contribution in [0.15, 0.2) is 123 Å². The number of amidine groups is 2. The summed E-state index contributed by atoms with van der Waals surface area (Å²) in [5, 5.41) is 10.8. The van der Waals surface area contributed by atoms with E-state index < -0.39 is 0 Å². The number of benzene rings is 4. The average Bonchev–Trinajstić information content (AvgIpc) is 3.53. The topological polar surface area (TPSA) is 76.1 Å². The Morgan fingerprint density at radius 3 is 1.90 bits per heavy atom. The Morgan fingerprint density at radius 2 is 1.27 bits per heavy atom. The van der Waals surface area contributed by atoms with E-state index in [4.69, 9.17) is 29.7 Å². The molecule has 204 valence electrons. The van der Waals surface area contributed by atoms with Crippen LogP contribution in [0.1, 0.15) is 0 Å². The van der Waals surface area contributed by atoms with Gasteiger partial charge in [0.15, 0.2) is 5.84 Å². The molecule has 0 unspecified atom stereocenters. The van der Waals surface area contributed by atoms with E-state index >= 15 is 0 Å². The number of ether oxygens (including phenoxy) is 2. The summed E-state index contributed by atoms with van der Waals surface area (Å²) in [6.45, 7) is 0. The van der Waals surface area contributed by atoms with Gasteiger partial charge in [0.2, 0.25) is 9.97 Å². The molecule has 0 amide bonds. The molecule has 10 heteroatoms. The molecule has 1 saturated heterocycles. The summed E-state index contributed by atoms with van der Waals surface area (Å²) in [5.74, 6) is 2.18. The van der Waals surface area contributed by atoms with Gasteiger partial charge in [-0.25, -0.2) is 9.98 Å². The van der Waals surface area contributed by atoms with Gasteiger partial charge in [0.05, 0.1) is 35.8 Å². The van der Waals surface area contributed by atoms with Crippen molar-refractivity contribution in [3.8, 4) is 11.5 Å². The van der Waals surface area contributed by atoms with Gasteiger partial charge in [-0.2, -0.15) is 0 Å². The average molecular weight is 579 g/mol. The number of anilines is 1. The second-order valence-corrected chi connectivity index (χ2v) is 10.9. The molecular weight excluding hydrogens is 553 g/mol. The minimum Gasteiger partial charge on any atom is -0.497 e. The van der Waals surface area contributed by atoms with Gasteiger partial charge in [0.25, 0.3) is 0 Å². The van der Waals surface area contributed by atoms with E-state index in [0.717, 1.165) is 43.6 Å². The lowest BCUT2D eigenvalue weighted by Gasteiger charge is -2.17. The van der Waals surface area contributed by atoms with Crippen LogP contribution in [0.3, 0.4) is 0 Å². The second-order valence-electron chi connectivity index (χ2n) is 8.92. The van der Waals surface area contributed by atoms with Gasteiger partial charge in [-0.1, -0.05) is 41.7 Å². The number of aryl methyl sites for hydroxylation is 1. The van der Waals surface area contributed by atoms with Crippen LogP contribution in [0.2, 0.25) is 0 Å². The minimum atomic E-state index is 0.646. The number of thioether (sulfide) groups is 1. The van der Waals surface area contributed by atoms with Crippen molar-refractivity contribution in [3.63, 3.8) is 0 Å². The Bertz CT molecular complexity index is 1840. The fraction of sp³-hybridized carbons (Fsp3) is 0.0968. The fourth-order valence-electron chi connectivity index (χ4n) is 4.23. The third kappa shape index (κ3) is 5.65. The zero-order valence-corrected chi connectivity index (χ0v) is 24.3. The standard InChI is InChI=1S/C31H26N6O2S2/c1-36-26-11-7-8-12-27(26)40-30(36)34-35-31-37(23-9-5-4-6-10-23)28(32-21-13-17-24(38-2)18-14-21)29(41-31)33-22-15-19-25(39-3)20-16-22/h4-20H,1-3H3/b32-28?,33-29?,34-30?,35-31-. The van der Waals surface area contributed by atoms with Crippen LogP contribution in [0.4, 0.5) is 17.1 Å². The Morgan fingerprint density at radius 1 is 0.659 bits per heavy atom. The van der Waals surface area contributed by atoms with Gasteiger partial charge >= 0.3 is 0 Å². The number of fused-ring (bicyclic) bond motifs is 1. The fourth-order valence-corrected chi connectivity index (χ4v) is 6.11. The summed E-state index contributed by atoms with van der Waals surface area (Å²) >= 11 is 3.02. The largest absolute Gasteiger partial charge is 0.497 e. The van der Waals surface area contributed by atoms with Crippen molar-refractivity contribution in [1.82, 2.24) is 4.57 Å². The van der Waals surface area contributed by atoms with Gasteiger partial charge in [0, 0.05) is 12.7 Å². The molecule has 1 aliphatic heterocycles. The normalized spacial score (nSPS) is 16.8. The lowest BCUT2D eigenvalue weighted by atomic mass is 10.3. The molecule has 0 bridgehead atoms. The molecule has 6 rings (SSSR count). The first kappa shape index (κ1) is 26.5. The maximum absolute atomic E-state index is 5.34. The smallest absolute Gasteiger partial charge is 0.211 e. The van der Waals surface area contributed by atoms with Crippen LogP contribution in [0.5, 0.6) is 11.5 Å². The Hall–Kier alpha value is -4.67. The summed E-state index contributed by atoms with van der Waals surface area (Å²) in [6.07, 6.45) is 0. The first-order valence-electron chi connectivity index (χ1n) is 12.8. The van der Waals surface area contributed by atoms with E-state index in [1.165, 1.54) is 11.8 Å².